The van der Waals surface area contributed by atoms with Gasteiger partial charge in [-0.25, -0.2) is 0 Å². The fourth-order valence-corrected chi connectivity index (χ4v) is 3.96. The molecule has 0 saturated carbocycles. The molecule has 0 aliphatic carbocycles. The highest BCUT2D eigenvalue weighted by molar-refractivity contribution is 5.96. The lowest BCUT2D eigenvalue weighted by Gasteiger charge is -2.37. The number of carbonyl (C=O) groups excluding carboxylic acids is 1. The lowest BCUT2D eigenvalue weighted by Crippen LogP contribution is -2.49. The third-order valence-electron chi connectivity index (χ3n) is 5.61. The average Bonchev–Trinajstić information content (AvgIpc) is 2.87. The Hall–Kier alpha value is -3.83. The number of piperazine rings is 1. The van der Waals surface area contributed by atoms with Crippen LogP contribution in [0, 0.1) is 11.3 Å². The Morgan fingerprint density at radius 2 is 1.61 bits per heavy atom. The fraction of sp³-hybridized carbons (Fsp3) is 0.320. The molecule has 0 spiro atoms. The summed E-state index contributed by atoms with van der Waals surface area (Å²) in [6.45, 7) is 6.13. The van der Waals surface area contributed by atoms with Gasteiger partial charge in [-0.15, -0.1) is 0 Å². The molecular weight excluding hydrogens is 418 g/mol. The molecule has 3 N–H and O–H groups in total. The largest absolute Gasteiger partial charge is 0.497 e. The summed E-state index contributed by atoms with van der Waals surface area (Å²) in [6.07, 6.45) is 0. The van der Waals surface area contributed by atoms with Crippen LogP contribution in [-0.2, 0) is 7.05 Å². The number of hydrogen-bond acceptors (Lipinski definition) is 6. The summed E-state index contributed by atoms with van der Waals surface area (Å²) >= 11 is 0. The molecule has 8 heteroatoms. The van der Waals surface area contributed by atoms with Crippen LogP contribution in [0.5, 0.6) is 5.75 Å². The van der Waals surface area contributed by atoms with Crippen LogP contribution in [0.4, 0.5) is 5.69 Å². The molecular formula is C25H31N5O3. The van der Waals surface area contributed by atoms with E-state index in [1.807, 2.05) is 43.0 Å². The van der Waals surface area contributed by atoms with Crippen molar-refractivity contribution < 1.29 is 9.53 Å². The predicted molar refractivity (Wildman–Crippen MR) is 131 cm³/mol. The Kier molecular flexibility index (Phi) is 8.60. The summed E-state index contributed by atoms with van der Waals surface area (Å²) in [4.78, 5) is 29.4. The van der Waals surface area contributed by atoms with Crippen LogP contribution in [0.25, 0.3) is 10.9 Å². The van der Waals surface area contributed by atoms with Crippen molar-refractivity contribution in [2.24, 2.45) is 7.05 Å². The zero-order chi connectivity index (χ0) is 23.3. The van der Waals surface area contributed by atoms with E-state index in [2.05, 4.69) is 6.07 Å². The Morgan fingerprint density at radius 1 is 1.00 bits per heavy atom. The third-order valence-corrected chi connectivity index (χ3v) is 5.61. The van der Waals surface area contributed by atoms with Gasteiger partial charge in [-0.1, -0.05) is 32.0 Å². The minimum Gasteiger partial charge on any atom is -0.497 e. The molecule has 1 aliphatic heterocycles. The number of benzene rings is 2. The van der Waals surface area contributed by atoms with Gasteiger partial charge in [0.2, 0.25) is 0 Å². The molecule has 3 aromatic rings. The number of anilines is 1. The lowest BCUT2D eigenvalue weighted by atomic mass is 10.1. The highest BCUT2D eigenvalue weighted by atomic mass is 16.5. The van der Waals surface area contributed by atoms with Gasteiger partial charge in [0.05, 0.1) is 18.3 Å². The average molecular weight is 450 g/mol. The number of nitriles is 1. The quantitative estimate of drug-likeness (QED) is 0.654. The Bertz CT molecular complexity index is 1200. The molecule has 2 aromatic carbocycles. The maximum atomic E-state index is 12.8. The number of para-hydroxylation sites is 1. The van der Waals surface area contributed by atoms with E-state index in [-0.39, 0.29) is 23.2 Å². The number of amides is 1. The monoisotopic (exact) mass is 449 g/mol. The second kappa shape index (κ2) is 11.2. The molecule has 1 saturated heterocycles. The van der Waals surface area contributed by atoms with Gasteiger partial charge in [0, 0.05) is 44.2 Å². The molecule has 2 heterocycles. The zero-order valence-electron chi connectivity index (χ0n) is 19.7. The van der Waals surface area contributed by atoms with Crippen molar-refractivity contribution >= 4 is 22.5 Å². The normalized spacial score (nSPS) is 12.8. The molecule has 1 aromatic heterocycles. The van der Waals surface area contributed by atoms with Crippen LogP contribution in [-0.4, -0.2) is 48.7 Å². The van der Waals surface area contributed by atoms with Gasteiger partial charge < -0.3 is 25.3 Å². The van der Waals surface area contributed by atoms with E-state index in [9.17, 15) is 14.9 Å². The first-order valence-electron chi connectivity index (χ1n) is 10.7. The molecule has 0 unspecified atom stereocenters. The molecule has 0 bridgehead atoms. The maximum absolute atomic E-state index is 12.8. The minimum absolute atomic E-state index is 0. The molecule has 174 valence electrons. The minimum atomic E-state index is -0.303. The fourth-order valence-electron chi connectivity index (χ4n) is 3.96. The number of rotatable bonds is 3. The number of pyridine rings is 1. The number of carbonyl (C=O) groups is 1. The van der Waals surface area contributed by atoms with E-state index in [0.29, 0.717) is 43.2 Å². The molecule has 4 rings (SSSR count). The SMILES string of the molecule is CC.COc1ccc(C(=O)N2CCN(c3c(C#N)c(=O)n(C)c4ccccc34)CC2)cc1.N. The molecule has 33 heavy (non-hydrogen) atoms. The standard InChI is InChI=1S/C23H22N4O3.C2H6.H3N/c1-25-20-6-4-3-5-18(20)21(19(15-24)23(25)29)26-11-13-27(14-12-26)22(28)16-7-9-17(30-2)10-8-16;1-2;/h3-10H,11-14H2,1-2H3;1-2H3;1H3. The number of ether oxygens (including phenoxy) is 1. The van der Waals surface area contributed by atoms with Crippen molar-refractivity contribution in [3.8, 4) is 11.8 Å². The van der Waals surface area contributed by atoms with Crippen molar-refractivity contribution in [2.45, 2.75) is 13.8 Å². The summed E-state index contributed by atoms with van der Waals surface area (Å²) in [6, 6.07) is 16.8. The second-order valence-electron chi connectivity index (χ2n) is 7.22. The van der Waals surface area contributed by atoms with Crippen LogP contribution < -0.4 is 21.3 Å². The van der Waals surface area contributed by atoms with Crippen LogP contribution in [0.3, 0.4) is 0 Å². The molecule has 1 amide bonds. The Morgan fingerprint density at radius 3 is 2.18 bits per heavy atom. The van der Waals surface area contributed by atoms with Crippen LogP contribution in [0.2, 0.25) is 0 Å². The highest BCUT2D eigenvalue weighted by Crippen LogP contribution is 2.29. The summed E-state index contributed by atoms with van der Waals surface area (Å²) < 4.78 is 6.66. The summed E-state index contributed by atoms with van der Waals surface area (Å²) in [5.41, 5.74) is 1.90. The van der Waals surface area contributed by atoms with E-state index >= 15 is 0 Å². The molecule has 8 nitrogen and oxygen atoms in total. The number of nitrogens with zero attached hydrogens (tertiary/aromatic N) is 4. The van der Waals surface area contributed by atoms with Crippen molar-refractivity contribution in [1.29, 1.82) is 5.26 Å². The number of hydrogen-bond donors (Lipinski definition) is 1. The van der Waals surface area contributed by atoms with E-state index in [0.717, 1.165) is 10.9 Å². The van der Waals surface area contributed by atoms with Crippen LogP contribution in [0.15, 0.2) is 53.3 Å². The van der Waals surface area contributed by atoms with Crippen molar-refractivity contribution in [3.63, 3.8) is 0 Å². The summed E-state index contributed by atoms with van der Waals surface area (Å²) in [5.74, 6) is 0.671. The Labute approximate surface area is 194 Å². The number of fused-ring (bicyclic) bond motifs is 1. The van der Waals surface area contributed by atoms with E-state index < -0.39 is 0 Å². The summed E-state index contributed by atoms with van der Waals surface area (Å²) in [5, 5.41) is 10.5. The van der Waals surface area contributed by atoms with Gasteiger partial charge in [0.25, 0.3) is 11.5 Å². The third kappa shape index (κ3) is 4.83. The van der Waals surface area contributed by atoms with E-state index in [4.69, 9.17) is 4.74 Å². The van der Waals surface area contributed by atoms with Crippen molar-refractivity contribution in [2.75, 3.05) is 38.2 Å². The molecule has 1 fully saturated rings. The van der Waals surface area contributed by atoms with Crippen molar-refractivity contribution in [3.05, 3.63) is 70.0 Å². The number of aryl methyl sites for hydroxylation is 1. The van der Waals surface area contributed by atoms with Gasteiger partial charge in [-0.05, 0) is 30.3 Å². The van der Waals surface area contributed by atoms with Gasteiger partial charge in [0.15, 0.2) is 0 Å². The maximum Gasteiger partial charge on any atom is 0.270 e. The first kappa shape index (κ1) is 25.4. The molecule has 0 atom stereocenters. The van der Waals surface area contributed by atoms with Gasteiger partial charge in [-0.3, -0.25) is 9.59 Å². The lowest BCUT2D eigenvalue weighted by molar-refractivity contribution is 0.0747. The second-order valence-corrected chi connectivity index (χ2v) is 7.22. The predicted octanol–water partition coefficient (Wildman–Crippen LogP) is 3.57. The van der Waals surface area contributed by atoms with Crippen LogP contribution in [0.1, 0.15) is 29.8 Å². The number of aromatic nitrogens is 1. The van der Waals surface area contributed by atoms with Crippen LogP contribution >= 0.6 is 0 Å². The van der Waals surface area contributed by atoms with E-state index in [1.54, 1.807) is 43.3 Å². The highest BCUT2D eigenvalue weighted by Gasteiger charge is 2.26. The first-order valence-corrected chi connectivity index (χ1v) is 10.7. The topological polar surface area (TPSA) is 114 Å². The first-order chi connectivity index (χ1) is 15.5. The molecule has 0 radical (unpaired) electrons. The van der Waals surface area contributed by atoms with Crippen molar-refractivity contribution in [1.82, 2.24) is 15.6 Å². The Balaban J connectivity index is 0.00000125. The zero-order valence-corrected chi connectivity index (χ0v) is 19.7. The van der Waals surface area contributed by atoms with Gasteiger partial charge >= 0.3 is 0 Å². The van der Waals surface area contributed by atoms with Gasteiger partial charge in [-0.2, -0.15) is 5.26 Å². The molecule has 1 aliphatic rings. The van der Waals surface area contributed by atoms with Gasteiger partial charge in [0.1, 0.15) is 17.4 Å². The number of methoxy groups -OCH3 is 1. The summed E-state index contributed by atoms with van der Waals surface area (Å²) in [7, 11) is 3.27. The van der Waals surface area contributed by atoms with E-state index in [1.165, 1.54) is 4.57 Å². The smallest absolute Gasteiger partial charge is 0.270 e.